The number of benzene rings is 2. The van der Waals surface area contributed by atoms with Gasteiger partial charge >= 0.3 is 6.09 Å². The molecule has 0 aliphatic carbocycles. The maximum atomic E-state index is 12.7. The summed E-state index contributed by atoms with van der Waals surface area (Å²) >= 11 is 0. The van der Waals surface area contributed by atoms with Crippen molar-refractivity contribution in [1.29, 1.82) is 5.26 Å². The first-order valence-electron chi connectivity index (χ1n) is 8.01. The van der Waals surface area contributed by atoms with Crippen molar-refractivity contribution in [3.05, 3.63) is 90.1 Å². The van der Waals surface area contributed by atoms with E-state index < -0.39 is 11.6 Å². The lowest BCUT2D eigenvalue weighted by Gasteiger charge is -2.38. The van der Waals surface area contributed by atoms with E-state index in [4.69, 9.17) is 4.74 Å². The van der Waals surface area contributed by atoms with E-state index in [-0.39, 0.29) is 6.61 Å². The second-order valence-corrected chi connectivity index (χ2v) is 5.78. The number of rotatable bonds is 4. The van der Waals surface area contributed by atoms with Gasteiger partial charge in [-0.3, -0.25) is 4.90 Å². The van der Waals surface area contributed by atoms with E-state index in [1.54, 1.807) is 12.3 Å². The van der Waals surface area contributed by atoms with Crippen LogP contribution in [0.2, 0.25) is 0 Å². The monoisotopic (exact) mass is 330 g/mol. The van der Waals surface area contributed by atoms with E-state index in [0.717, 1.165) is 16.7 Å². The number of fused-ring (bicyclic) bond motifs is 1. The molecule has 0 bridgehead atoms. The molecule has 25 heavy (non-hydrogen) atoms. The van der Waals surface area contributed by atoms with Crippen LogP contribution in [-0.2, 0) is 16.9 Å². The van der Waals surface area contributed by atoms with E-state index in [0.29, 0.717) is 6.42 Å². The maximum Gasteiger partial charge on any atom is 0.415 e. The van der Waals surface area contributed by atoms with Gasteiger partial charge in [-0.1, -0.05) is 60.7 Å². The highest BCUT2D eigenvalue weighted by atomic mass is 16.6. The van der Waals surface area contributed by atoms with E-state index in [1.807, 2.05) is 60.7 Å². The zero-order chi connectivity index (χ0) is 17.7. The molecule has 1 unspecified atom stereocenters. The molecule has 0 fully saturated rings. The van der Waals surface area contributed by atoms with Crippen molar-refractivity contribution in [3.8, 4) is 6.07 Å². The third-order valence-electron chi connectivity index (χ3n) is 4.25. The molecule has 1 amide bonds. The van der Waals surface area contributed by atoms with Crippen molar-refractivity contribution in [1.82, 2.24) is 4.90 Å². The zero-order valence-corrected chi connectivity index (χ0v) is 13.8. The summed E-state index contributed by atoms with van der Waals surface area (Å²) in [5.41, 5.74) is 1.43. The molecule has 0 saturated heterocycles. The largest absolute Gasteiger partial charge is 0.444 e. The Hall–Kier alpha value is -3.32. The first-order chi connectivity index (χ1) is 12.2. The Balaban J connectivity index is 1.90. The lowest BCUT2D eigenvalue weighted by Crippen LogP contribution is -2.47. The molecule has 1 aliphatic heterocycles. The fourth-order valence-electron chi connectivity index (χ4n) is 3.01. The first kappa shape index (κ1) is 16.5. The van der Waals surface area contributed by atoms with Crippen LogP contribution >= 0.6 is 0 Å². The predicted molar refractivity (Wildman–Crippen MR) is 96.0 cm³/mol. The van der Waals surface area contributed by atoms with Crippen LogP contribution in [0.15, 0.2) is 73.5 Å². The van der Waals surface area contributed by atoms with Gasteiger partial charge < -0.3 is 4.74 Å². The van der Waals surface area contributed by atoms with Crippen LogP contribution in [0.4, 0.5) is 4.79 Å². The fourth-order valence-corrected chi connectivity index (χ4v) is 3.01. The highest BCUT2D eigenvalue weighted by molar-refractivity contribution is 5.76. The molecule has 4 nitrogen and oxygen atoms in total. The van der Waals surface area contributed by atoms with E-state index in [9.17, 15) is 10.1 Å². The van der Waals surface area contributed by atoms with Gasteiger partial charge in [-0.2, -0.15) is 5.26 Å². The normalized spacial score (nSPS) is 18.1. The van der Waals surface area contributed by atoms with Gasteiger partial charge in [-0.15, -0.1) is 6.58 Å². The Kier molecular flexibility index (Phi) is 4.67. The van der Waals surface area contributed by atoms with Crippen LogP contribution in [0.5, 0.6) is 0 Å². The van der Waals surface area contributed by atoms with Gasteiger partial charge in [0.25, 0.3) is 0 Å². The van der Waals surface area contributed by atoms with Crippen molar-refractivity contribution in [2.24, 2.45) is 0 Å². The Morgan fingerprint density at radius 3 is 2.64 bits per heavy atom. The first-order valence-corrected chi connectivity index (χ1v) is 8.01. The summed E-state index contributed by atoms with van der Waals surface area (Å²) in [6.07, 6.45) is 4.83. The molecule has 0 spiro atoms. The minimum absolute atomic E-state index is 0.154. The van der Waals surface area contributed by atoms with Crippen LogP contribution in [0, 0.1) is 11.3 Å². The average molecular weight is 330 g/mol. The topological polar surface area (TPSA) is 53.3 Å². The van der Waals surface area contributed by atoms with Crippen LogP contribution in [0.25, 0.3) is 6.08 Å². The molecule has 2 aromatic carbocycles. The lowest BCUT2D eigenvalue weighted by atomic mass is 9.81. The number of nitriles is 1. The van der Waals surface area contributed by atoms with E-state index >= 15 is 0 Å². The van der Waals surface area contributed by atoms with E-state index in [2.05, 4.69) is 12.6 Å². The summed E-state index contributed by atoms with van der Waals surface area (Å²) in [5, 5.41) is 9.94. The Morgan fingerprint density at radius 2 is 1.92 bits per heavy atom. The maximum absolute atomic E-state index is 12.7. The number of carbonyl (C=O) groups excluding carboxylic acids is 1. The molecule has 2 aromatic rings. The predicted octanol–water partition coefficient (Wildman–Crippen LogP) is 4.60. The molecule has 0 radical (unpaired) electrons. The fraction of sp³-hybridized carbons (Fsp3) is 0.143. The third kappa shape index (κ3) is 3.05. The molecule has 1 aliphatic rings. The number of hydrogen-bond donors (Lipinski definition) is 0. The van der Waals surface area contributed by atoms with Crippen LogP contribution in [0.3, 0.4) is 0 Å². The van der Waals surface area contributed by atoms with Crippen molar-refractivity contribution < 1.29 is 9.53 Å². The van der Waals surface area contributed by atoms with E-state index in [1.165, 1.54) is 4.90 Å². The highest BCUT2D eigenvalue weighted by Crippen LogP contribution is 2.39. The number of carbonyl (C=O) groups is 1. The Morgan fingerprint density at radius 1 is 1.20 bits per heavy atom. The molecule has 0 aromatic heterocycles. The molecule has 124 valence electrons. The summed E-state index contributed by atoms with van der Waals surface area (Å²) in [5.74, 6) is 0. The second kappa shape index (κ2) is 7.06. The van der Waals surface area contributed by atoms with Crippen molar-refractivity contribution in [3.63, 3.8) is 0 Å². The molecule has 0 saturated carbocycles. The van der Waals surface area contributed by atoms with Gasteiger partial charge in [0, 0.05) is 18.2 Å². The number of hydrogen-bond acceptors (Lipinski definition) is 3. The lowest BCUT2D eigenvalue weighted by molar-refractivity contribution is 0.0845. The number of amides is 1. The molecule has 1 heterocycles. The summed E-state index contributed by atoms with van der Waals surface area (Å²) in [7, 11) is 0. The van der Waals surface area contributed by atoms with Gasteiger partial charge in [0.1, 0.15) is 6.61 Å². The van der Waals surface area contributed by atoms with Crippen molar-refractivity contribution >= 4 is 12.2 Å². The molecule has 3 rings (SSSR count). The molecular formula is C21H18N2O2. The second-order valence-electron chi connectivity index (χ2n) is 5.78. The Bertz CT molecular complexity index is 852. The summed E-state index contributed by atoms with van der Waals surface area (Å²) < 4.78 is 5.44. The number of nitrogens with zero attached hydrogens (tertiary/aromatic N) is 2. The van der Waals surface area contributed by atoms with Gasteiger partial charge in [0.05, 0.1) is 6.07 Å². The molecule has 1 atom stereocenters. The highest BCUT2D eigenvalue weighted by Gasteiger charge is 2.43. The van der Waals surface area contributed by atoms with Crippen LogP contribution in [-0.4, -0.2) is 11.0 Å². The minimum Gasteiger partial charge on any atom is -0.444 e. The summed E-state index contributed by atoms with van der Waals surface area (Å²) in [6, 6.07) is 19.3. The smallest absolute Gasteiger partial charge is 0.415 e. The minimum atomic E-state index is -1.15. The standard InChI is InChI=1S/C21H18N2O2/c1-2-13-21(16-22)19-11-7-6-10-18(19)12-14-23(21)20(24)25-15-17-8-4-3-5-9-17/h2-12,14H,1,13,15H2. The van der Waals surface area contributed by atoms with Gasteiger partial charge in [0.2, 0.25) is 0 Å². The SMILES string of the molecule is C=CCC1(C#N)c2ccccc2C=CN1C(=O)OCc1ccccc1. The molecule has 4 heteroatoms. The quantitative estimate of drug-likeness (QED) is 0.770. The molecular weight excluding hydrogens is 312 g/mol. The summed E-state index contributed by atoms with van der Waals surface area (Å²) in [4.78, 5) is 14.1. The van der Waals surface area contributed by atoms with Gasteiger partial charge in [0.15, 0.2) is 5.54 Å². The van der Waals surface area contributed by atoms with Gasteiger partial charge in [-0.25, -0.2) is 4.79 Å². The third-order valence-corrected chi connectivity index (χ3v) is 4.25. The zero-order valence-electron chi connectivity index (χ0n) is 13.8. The van der Waals surface area contributed by atoms with Crippen molar-refractivity contribution in [2.75, 3.05) is 0 Å². The average Bonchev–Trinajstić information content (AvgIpc) is 2.67. The van der Waals surface area contributed by atoms with Crippen LogP contribution < -0.4 is 0 Å². The Labute approximate surface area is 147 Å². The van der Waals surface area contributed by atoms with Crippen molar-refractivity contribution in [2.45, 2.75) is 18.6 Å². The number of ether oxygens (including phenoxy) is 1. The van der Waals surface area contributed by atoms with Crippen LogP contribution in [0.1, 0.15) is 23.1 Å². The van der Waals surface area contributed by atoms with Gasteiger partial charge in [-0.05, 0) is 17.2 Å². The molecule has 0 N–H and O–H groups in total. The summed E-state index contributed by atoms with van der Waals surface area (Å²) in [6.45, 7) is 3.91.